The lowest BCUT2D eigenvalue weighted by Crippen LogP contribution is -2.27. The van der Waals surface area contributed by atoms with E-state index < -0.39 is 0 Å². The van der Waals surface area contributed by atoms with Gasteiger partial charge in [-0.25, -0.2) is 9.07 Å². The average molecular weight is 455 g/mol. The zero-order valence-electron chi connectivity index (χ0n) is 18.3. The normalized spacial score (nSPS) is 18.8. The number of benzene rings is 2. The number of aromatic nitrogens is 3. The van der Waals surface area contributed by atoms with E-state index in [1.807, 2.05) is 27.4 Å². The van der Waals surface area contributed by atoms with Crippen LogP contribution in [0.15, 0.2) is 42.5 Å². The molecule has 168 valence electrons. The van der Waals surface area contributed by atoms with Crippen molar-refractivity contribution in [2.75, 3.05) is 20.8 Å². The molecule has 0 bridgehead atoms. The van der Waals surface area contributed by atoms with Gasteiger partial charge >= 0.3 is 0 Å². The first-order chi connectivity index (χ1) is 15.6. The quantitative estimate of drug-likeness (QED) is 0.449. The molecule has 1 atom stereocenters. The molecule has 0 amide bonds. The van der Waals surface area contributed by atoms with Crippen molar-refractivity contribution in [1.29, 1.82) is 0 Å². The summed E-state index contributed by atoms with van der Waals surface area (Å²) in [7, 11) is 3.34. The molecule has 8 heteroatoms. The Morgan fingerprint density at radius 3 is 2.62 bits per heavy atom. The van der Waals surface area contributed by atoms with Crippen LogP contribution in [0.1, 0.15) is 43.3 Å². The van der Waals surface area contributed by atoms with Crippen LogP contribution in [0.5, 0.6) is 11.5 Å². The van der Waals surface area contributed by atoms with Crippen molar-refractivity contribution in [2.45, 2.75) is 44.4 Å². The highest BCUT2D eigenvalue weighted by atomic mass is 32.1. The first-order valence-corrected chi connectivity index (χ1v) is 11.4. The summed E-state index contributed by atoms with van der Waals surface area (Å²) in [5.74, 6) is 1.94. The first-order valence-electron chi connectivity index (χ1n) is 11.0. The Morgan fingerprint density at radius 2 is 1.91 bits per heavy atom. The second kappa shape index (κ2) is 8.67. The van der Waals surface area contributed by atoms with Crippen LogP contribution in [-0.4, -0.2) is 40.0 Å². The lowest BCUT2D eigenvalue weighted by atomic mass is 10.0. The van der Waals surface area contributed by atoms with E-state index in [9.17, 15) is 4.39 Å². The Labute approximate surface area is 192 Å². The van der Waals surface area contributed by atoms with Gasteiger partial charge in [-0.1, -0.05) is 18.2 Å². The molecule has 1 saturated carbocycles. The molecule has 0 N–H and O–H groups in total. The maximum Gasteiger partial charge on any atom is 0.199 e. The van der Waals surface area contributed by atoms with E-state index in [1.165, 1.54) is 6.07 Å². The van der Waals surface area contributed by atoms with Gasteiger partial charge in [-0.05, 0) is 56.1 Å². The summed E-state index contributed by atoms with van der Waals surface area (Å²) < 4.78 is 30.1. The fourth-order valence-electron chi connectivity index (χ4n) is 4.61. The van der Waals surface area contributed by atoms with Gasteiger partial charge in [-0.3, -0.25) is 9.47 Å². The van der Waals surface area contributed by atoms with Crippen molar-refractivity contribution in [3.8, 4) is 22.9 Å². The fraction of sp³-hybridized carbons (Fsp3) is 0.417. The van der Waals surface area contributed by atoms with Gasteiger partial charge < -0.3 is 9.47 Å². The smallest absolute Gasteiger partial charge is 0.199 e. The Kier molecular flexibility index (Phi) is 5.73. The lowest BCUT2D eigenvalue weighted by Gasteiger charge is -2.26. The first kappa shape index (κ1) is 21.2. The summed E-state index contributed by atoms with van der Waals surface area (Å²) in [6, 6.07) is 13.3. The predicted molar refractivity (Wildman–Crippen MR) is 123 cm³/mol. The Hall–Kier alpha value is -2.71. The zero-order valence-corrected chi connectivity index (χ0v) is 19.1. The van der Waals surface area contributed by atoms with E-state index in [4.69, 9.17) is 26.8 Å². The third-order valence-electron chi connectivity index (χ3n) is 6.38. The highest BCUT2D eigenvalue weighted by Gasteiger charge is 2.32. The number of rotatable bonds is 7. The molecule has 32 heavy (non-hydrogen) atoms. The van der Waals surface area contributed by atoms with Gasteiger partial charge in [0.15, 0.2) is 10.6 Å². The SMILES string of the molecule is COc1ccc([C@@H]2CCCN2Cn2nc(-c3ccccc3F)n(C3CC3)c2=S)c(OC)c1. The van der Waals surface area contributed by atoms with Gasteiger partial charge in [0.1, 0.15) is 17.3 Å². The van der Waals surface area contributed by atoms with Crippen LogP contribution < -0.4 is 9.47 Å². The van der Waals surface area contributed by atoms with Gasteiger partial charge in [0.25, 0.3) is 0 Å². The maximum atomic E-state index is 14.6. The molecular formula is C24H27FN4O2S. The van der Waals surface area contributed by atoms with Gasteiger partial charge in [0.05, 0.1) is 26.5 Å². The van der Waals surface area contributed by atoms with Gasteiger partial charge in [-0.15, -0.1) is 0 Å². The van der Waals surface area contributed by atoms with Crippen molar-refractivity contribution in [2.24, 2.45) is 0 Å². The highest BCUT2D eigenvalue weighted by Crippen LogP contribution is 2.41. The van der Waals surface area contributed by atoms with Gasteiger partial charge in [0.2, 0.25) is 0 Å². The second-order valence-electron chi connectivity index (χ2n) is 8.41. The molecule has 1 aliphatic carbocycles. The predicted octanol–water partition coefficient (Wildman–Crippen LogP) is 5.37. The van der Waals surface area contributed by atoms with Crippen LogP contribution in [0.2, 0.25) is 0 Å². The Balaban J connectivity index is 1.48. The molecule has 3 aromatic rings. The lowest BCUT2D eigenvalue weighted by molar-refractivity contribution is 0.186. The molecule has 0 radical (unpaired) electrons. The molecule has 5 rings (SSSR count). The summed E-state index contributed by atoms with van der Waals surface area (Å²) >= 11 is 5.82. The number of likely N-dealkylation sites (tertiary alicyclic amines) is 1. The highest BCUT2D eigenvalue weighted by molar-refractivity contribution is 7.71. The molecule has 6 nitrogen and oxygen atoms in total. The van der Waals surface area contributed by atoms with Crippen molar-refractivity contribution in [3.05, 3.63) is 58.6 Å². The second-order valence-corrected chi connectivity index (χ2v) is 8.77. The molecule has 1 aliphatic heterocycles. The number of nitrogens with zero attached hydrogens (tertiary/aromatic N) is 4. The molecule has 2 aliphatic rings. The van der Waals surface area contributed by atoms with Crippen molar-refractivity contribution in [1.82, 2.24) is 19.2 Å². The van der Waals surface area contributed by atoms with E-state index in [2.05, 4.69) is 11.0 Å². The van der Waals surface area contributed by atoms with E-state index in [0.717, 1.165) is 49.3 Å². The fourth-order valence-corrected chi connectivity index (χ4v) is 4.95. The van der Waals surface area contributed by atoms with Crippen LogP contribution in [0.3, 0.4) is 0 Å². The molecule has 0 unspecified atom stereocenters. The minimum atomic E-state index is -0.274. The van der Waals surface area contributed by atoms with Crippen molar-refractivity contribution in [3.63, 3.8) is 0 Å². The topological polar surface area (TPSA) is 44.5 Å². The molecular weight excluding hydrogens is 427 g/mol. The zero-order chi connectivity index (χ0) is 22.2. The summed E-state index contributed by atoms with van der Waals surface area (Å²) in [4.78, 5) is 2.37. The van der Waals surface area contributed by atoms with Crippen LogP contribution in [-0.2, 0) is 6.67 Å². The van der Waals surface area contributed by atoms with E-state index in [0.29, 0.717) is 28.9 Å². The average Bonchev–Trinajstić information content (AvgIpc) is 3.46. The summed E-state index contributed by atoms with van der Waals surface area (Å²) in [5.41, 5.74) is 1.63. The molecule has 1 saturated heterocycles. The molecule has 1 aromatic heterocycles. The third kappa shape index (κ3) is 3.82. The largest absolute Gasteiger partial charge is 0.497 e. The summed E-state index contributed by atoms with van der Waals surface area (Å²) in [6.45, 7) is 1.49. The van der Waals surface area contributed by atoms with E-state index in [-0.39, 0.29) is 11.9 Å². The summed E-state index contributed by atoms with van der Waals surface area (Å²) in [5, 5.41) is 4.81. The molecule has 2 heterocycles. The maximum absolute atomic E-state index is 14.6. The van der Waals surface area contributed by atoms with E-state index in [1.54, 1.807) is 26.4 Å². The van der Waals surface area contributed by atoms with Crippen LogP contribution in [0.4, 0.5) is 4.39 Å². The number of halogens is 1. The summed E-state index contributed by atoms with van der Waals surface area (Å²) in [6.07, 6.45) is 4.21. The van der Waals surface area contributed by atoms with Crippen LogP contribution in [0, 0.1) is 10.6 Å². The van der Waals surface area contributed by atoms with Crippen LogP contribution in [0.25, 0.3) is 11.4 Å². The Bertz CT molecular complexity index is 1190. The molecule has 2 aromatic carbocycles. The minimum absolute atomic E-state index is 0.195. The Morgan fingerprint density at radius 1 is 1.09 bits per heavy atom. The van der Waals surface area contributed by atoms with Crippen LogP contribution >= 0.6 is 12.2 Å². The van der Waals surface area contributed by atoms with E-state index >= 15 is 0 Å². The number of hydrogen-bond donors (Lipinski definition) is 0. The standard InChI is InChI=1S/C24H27FN4O2S/c1-30-17-11-12-19(22(14-17)31-2)21-8-5-13-27(21)15-28-24(32)29(16-9-10-16)23(26-28)18-6-3-4-7-20(18)25/h3-4,6-7,11-12,14,16,21H,5,8-10,13,15H2,1-2H3/t21-/m0/s1. The van der Waals surface area contributed by atoms with Crippen molar-refractivity contribution < 1.29 is 13.9 Å². The van der Waals surface area contributed by atoms with Gasteiger partial charge in [-0.2, -0.15) is 5.10 Å². The van der Waals surface area contributed by atoms with Crippen molar-refractivity contribution >= 4 is 12.2 Å². The van der Waals surface area contributed by atoms with Gasteiger partial charge in [0, 0.05) is 30.3 Å². The minimum Gasteiger partial charge on any atom is -0.497 e. The number of ether oxygens (including phenoxy) is 2. The number of hydrogen-bond acceptors (Lipinski definition) is 5. The monoisotopic (exact) mass is 454 g/mol. The molecule has 0 spiro atoms. The third-order valence-corrected chi connectivity index (χ3v) is 6.78. The number of methoxy groups -OCH3 is 2. The molecule has 2 fully saturated rings.